The fraction of sp³-hybridized carbons (Fsp3) is 0. The van der Waals surface area contributed by atoms with Crippen molar-refractivity contribution in [3.8, 4) is 0 Å². The fourth-order valence-electron chi connectivity index (χ4n) is 2.08. The van der Waals surface area contributed by atoms with Gasteiger partial charge >= 0.3 is 155 Å². The van der Waals surface area contributed by atoms with Crippen molar-refractivity contribution < 1.29 is 15.2 Å². The molecule has 0 atom stereocenters. The summed E-state index contributed by atoms with van der Waals surface area (Å²) in [4.78, 5) is 24.8. The van der Waals surface area contributed by atoms with Crippen molar-refractivity contribution in [3.05, 3.63) is 102 Å². The standard InChI is InChI=1S/2C7H6O2.C6H5.Bi/c2*8-7(9)6-4-2-1-3-5-6;1-2-4-6-5-3-1;/h2*1-5H,(H,8,9);1-5H;/q;;;+2/p-2. The van der Waals surface area contributed by atoms with Gasteiger partial charge in [-0.05, 0) is 0 Å². The molecule has 0 heterocycles. The molecule has 0 aliphatic heterocycles. The number of rotatable bonds is 5. The van der Waals surface area contributed by atoms with E-state index < -0.39 is 34.6 Å². The molecule has 4 nitrogen and oxygen atoms in total. The van der Waals surface area contributed by atoms with Crippen LogP contribution >= 0.6 is 0 Å². The topological polar surface area (TPSA) is 52.6 Å². The zero-order valence-corrected chi connectivity index (χ0v) is 16.7. The molecule has 0 aliphatic carbocycles. The number of carbonyl (C=O) groups excluding carboxylic acids is 2. The summed E-state index contributed by atoms with van der Waals surface area (Å²) >= 11 is -3.50. The van der Waals surface area contributed by atoms with Crippen LogP contribution in [0.1, 0.15) is 20.7 Å². The number of carbonyl (C=O) groups is 2. The summed E-state index contributed by atoms with van der Waals surface area (Å²) in [5.41, 5.74) is 0.878. The van der Waals surface area contributed by atoms with Gasteiger partial charge < -0.3 is 0 Å². The molecular formula is C20H15BiO4. The molecule has 3 aromatic carbocycles. The van der Waals surface area contributed by atoms with E-state index in [2.05, 4.69) is 0 Å². The Morgan fingerprint density at radius 3 is 1.32 bits per heavy atom. The van der Waals surface area contributed by atoms with Gasteiger partial charge in [-0.3, -0.25) is 0 Å². The first kappa shape index (κ1) is 17.3. The molecule has 25 heavy (non-hydrogen) atoms. The Morgan fingerprint density at radius 1 is 0.560 bits per heavy atom. The Kier molecular flexibility index (Phi) is 5.91. The molecule has 0 aromatic heterocycles. The van der Waals surface area contributed by atoms with Gasteiger partial charge in [-0.25, -0.2) is 0 Å². The van der Waals surface area contributed by atoms with E-state index in [0.29, 0.717) is 11.1 Å². The Balaban J connectivity index is 1.81. The van der Waals surface area contributed by atoms with Crippen molar-refractivity contribution in [1.29, 1.82) is 0 Å². The van der Waals surface area contributed by atoms with Gasteiger partial charge in [0.15, 0.2) is 0 Å². The van der Waals surface area contributed by atoms with Crippen LogP contribution in [0.4, 0.5) is 0 Å². The molecule has 124 valence electrons. The number of hydrogen-bond donors (Lipinski definition) is 0. The van der Waals surface area contributed by atoms with Crippen LogP contribution in [0.2, 0.25) is 0 Å². The Morgan fingerprint density at radius 2 is 0.920 bits per heavy atom. The zero-order chi connectivity index (χ0) is 17.5. The van der Waals surface area contributed by atoms with E-state index in [9.17, 15) is 9.59 Å². The summed E-state index contributed by atoms with van der Waals surface area (Å²) in [6.45, 7) is 0. The zero-order valence-electron chi connectivity index (χ0n) is 13.2. The number of hydrogen-bond acceptors (Lipinski definition) is 4. The van der Waals surface area contributed by atoms with E-state index >= 15 is 0 Å². The molecule has 0 amide bonds. The fourth-order valence-corrected chi connectivity index (χ4v) is 6.65. The van der Waals surface area contributed by atoms with Gasteiger partial charge in [0.2, 0.25) is 0 Å². The Bertz CT molecular complexity index is 782. The predicted octanol–water partition coefficient (Wildman–Crippen LogP) is 3.10. The van der Waals surface area contributed by atoms with Crippen LogP contribution in [0.5, 0.6) is 0 Å². The van der Waals surface area contributed by atoms with Gasteiger partial charge in [-0.1, -0.05) is 0 Å². The predicted molar refractivity (Wildman–Crippen MR) is 95.5 cm³/mol. The molecule has 0 N–H and O–H groups in total. The molecule has 0 aliphatic rings. The molecule has 0 saturated carbocycles. The molecule has 0 bridgehead atoms. The summed E-state index contributed by atoms with van der Waals surface area (Å²) in [5, 5.41) is 0. The molecule has 5 heteroatoms. The molecule has 0 spiro atoms. The summed E-state index contributed by atoms with van der Waals surface area (Å²) in [6.07, 6.45) is 0. The molecule has 0 radical (unpaired) electrons. The van der Waals surface area contributed by atoms with E-state index in [1.807, 2.05) is 42.5 Å². The second kappa shape index (κ2) is 8.54. The van der Waals surface area contributed by atoms with Gasteiger partial charge in [0.25, 0.3) is 0 Å². The minimum atomic E-state index is -3.50. The van der Waals surface area contributed by atoms with Crippen molar-refractivity contribution in [2.24, 2.45) is 0 Å². The molecule has 0 unspecified atom stereocenters. The molecule has 3 rings (SSSR count). The third-order valence-corrected chi connectivity index (χ3v) is 8.69. The normalized spacial score (nSPS) is 10.3. The first-order chi connectivity index (χ1) is 12.2. The summed E-state index contributed by atoms with van der Waals surface area (Å²) in [6, 6.07) is 26.6. The SMILES string of the molecule is O=C([O][Bi]([O]C(=O)c1ccccc1)[c]1ccccc1)c1ccccc1. The van der Waals surface area contributed by atoms with E-state index in [0.717, 1.165) is 3.27 Å². The monoisotopic (exact) mass is 528 g/mol. The average molecular weight is 528 g/mol. The van der Waals surface area contributed by atoms with Crippen molar-refractivity contribution in [2.45, 2.75) is 0 Å². The van der Waals surface area contributed by atoms with Crippen LogP contribution < -0.4 is 3.27 Å². The Hall–Kier alpha value is -2.52. The summed E-state index contributed by atoms with van der Waals surface area (Å²) in [5.74, 6) is -0.939. The van der Waals surface area contributed by atoms with Gasteiger partial charge in [0.1, 0.15) is 0 Å². The van der Waals surface area contributed by atoms with Gasteiger partial charge in [-0.15, -0.1) is 0 Å². The van der Waals surface area contributed by atoms with Crippen LogP contribution in [0, 0.1) is 0 Å². The molecule has 0 saturated heterocycles. The maximum atomic E-state index is 12.4. The van der Waals surface area contributed by atoms with Crippen molar-refractivity contribution >= 4 is 37.8 Å². The van der Waals surface area contributed by atoms with E-state index in [4.69, 9.17) is 5.63 Å². The summed E-state index contributed by atoms with van der Waals surface area (Å²) < 4.78 is 12.1. The van der Waals surface area contributed by atoms with E-state index in [-0.39, 0.29) is 0 Å². The number of benzene rings is 3. The second-order valence-electron chi connectivity index (χ2n) is 5.08. The van der Waals surface area contributed by atoms with Crippen molar-refractivity contribution in [1.82, 2.24) is 0 Å². The van der Waals surface area contributed by atoms with E-state index in [1.54, 1.807) is 48.5 Å². The first-order valence-electron chi connectivity index (χ1n) is 7.64. The second-order valence-corrected chi connectivity index (χ2v) is 10.5. The Labute approximate surface area is 154 Å². The van der Waals surface area contributed by atoms with Crippen molar-refractivity contribution in [2.75, 3.05) is 0 Å². The van der Waals surface area contributed by atoms with Crippen molar-refractivity contribution in [3.63, 3.8) is 0 Å². The van der Waals surface area contributed by atoms with Crippen LogP contribution in [0.3, 0.4) is 0 Å². The van der Waals surface area contributed by atoms with Crippen LogP contribution in [-0.2, 0) is 5.63 Å². The molecular weight excluding hydrogens is 513 g/mol. The average Bonchev–Trinajstić information content (AvgIpc) is 2.69. The van der Waals surface area contributed by atoms with Gasteiger partial charge in [-0.2, -0.15) is 0 Å². The van der Waals surface area contributed by atoms with Gasteiger partial charge in [0, 0.05) is 0 Å². The maximum absolute atomic E-state index is 12.4. The third kappa shape index (κ3) is 4.74. The van der Waals surface area contributed by atoms with Crippen LogP contribution in [0.15, 0.2) is 91.0 Å². The summed E-state index contributed by atoms with van der Waals surface area (Å²) in [7, 11) is 0. The quantitative estimate of drug-likeness (QED) is 0.478. The van der Waals surface area contributed by atoms with Crippen LogP contribution in [0.25, 0.3) is 0 Å². The first-order valence-corrected chi connectivity index (χ1v) is 12.2. The van der Waals surface area contributed by atoms with Gasteiger partial charge in [0.05, 0.1) is 0 Å². The van der Waals surface area contributed by atoms with Crippen LogP contribution in [-0.4, -0.2) is 34.6 Å². The third-order valence-electron chi connectivity index (χ3n) is 3.32. The molecule has 3 aromatic rings. The minimum absolute atomic E-state index is 0.439. The molecule has 0 fully saturated rings. The van der Waals surface area contributed by atoms with E-state index in [1.165, 1.54) is 0 Å².